The van der Waals surface area contributed by atoms with Crippen LogP contribution >= 0.6 is 0 Å². The molecule has 4 rings (SSSR count). The first-order valence-corrected chi connectivity index (χ1v) is 8.59. The van der Waals surface area contributed by atoms with Gasteiger partial charge in [0.15, 0.2) is 0 Å². The average Bonchev–Trinajstić information content (AvgIpc) is 3.23. The molecule has 24 heavy (non-hydrogen) atoms. The van der Waals surface area contributed by atoms with Crippen LogP contribution in [0.3, 0.4) is 0 Å². The number of carboxylic acid groups (broad SMARTS) is 1. The summed E-state index contributed by atoms with van der Waals surface area (Å²) in [6.07, 6.45) is 7.77. The molecule has 4 heteroatoms. The quantitative estimate of drug-likeness (QED) is 0.870. The summed E-state index contributed by atoms with van der Waals surface area (Å²) >= 11 is 0. The van der Waals surface area contributed by atoms with Crippen LogP contribution < -0.4 is 0 Å². The summed E-state index contributed by atoms with van der Waals surface area (Å²) in [5, 5.41) is 9.53. The molecule has 0 saturated heterocycles. The van der Waals surface area contributed by atoms with Crippen molar-refractivity contribution in [2.45, 2.75) is 12.8 Å². The molecule has 1 heterocycles. The average molecular weight is 323 g/mol. The first-order valence-electron chi connectivity index (χ1n) is 8.59. The van der Waals surface area contributed by atoms with Gasteiger partial charge in [-0.2, -0.15) is 0 Å². The van der Waals surface area contributed by atoms with Crippen LogP contribution in [-0.4, -0.2) is 35.0 Å². The largest absolute Gasteiger partial charge is 0.481 e. The number of hydrogen-bond acceptors (Lipinski definition) is 2. The second-order valence-electron chi connectivity index (χ2n) is 6.97. The molecule has 1 saturated carbocycles. The topological polar surface area (TPSA) is 57.6 Å². The molecule has 2 bridgehead atoms. The van der Waals surface area contributed by atoms with Crippen LogP contribution in [0.15, 0.2) is 48.6 Å². The van der Waals surface area contributed by atoms with Crippen molar-refractivity contribution in [1.29, 1.82) is 0 Å². The standard InChI is InChI=1S/C20H21NO3/c22-19(17-15-6-7-16(12-15)18(17)20(23)24)21-10-8-14(9-11-21)13-4-2-1-3-5-13/h1-8,15-18H,9-12H2,(H,23,24)/t15-,16+,17-,18+/m1/s1. The van der Waals surface area contributed by atoms with Gasteiger partial charge in [0.25, 0.3) is 0 Å². The zero-order valence-electron chi connectivity index (χ0n) is 13.5. The van der Waals surface area contributed by atoms with E-state index < -0.39 is 11.9 Å². The van der Waals surface area contributed by atoms with Crippen molar-refractivity contribution in [3.8, 4) is 0 Å². The summed E-state index contributed by atoms with van der Waals surface area (Å²) in [5.41, 5.74) is 2.47. The van der Waals surface area contributed by atoms with E-state index in [1.54, 1.807) is 0 Å². The Morgan fingerprint density at radius 3 is 2.38 bits per heavy atom. The monoisotopic (exact) mass is 323 g/mol. The van der Waals surface area contributed by atoms with E-state index >= 15 is 0 Å². The summed E-state index contributed by atoms with van der Waals surface area (Å²) in [5.74, 6) is -1.62. The van der Waals surface area contributed by atoms with E-state index in [2.05, 4.69) is 18.2 Å². The van der Waals surface area contributed by atoms with E-state index in [1.807, 2.05) is 35.3 Å². The number of allylic oxidation sites excluding steroid dienone is 2. The van der Waals surface area contributed by atoms with Gasteiger partial charge in [-0.15, -0.1) is 0 Å². The van der Waals surface area contributed by atoms with Gasteiger partial charge < -0.3 is 10.0 Å². The second kappa shape index (κ2) is 5.93. The van der Waals surface area contributed by atoms with Crippen LogP contribution in [0.1, 0.15) is 18.4 Å². The third-order valence-corrected chi connectivity index (χ3v) is 5.69. The molecule has 4 atom stereocenters. The summed E-state index contributed by atoms with van der Waals surface area (Å²) in [6.45, 7) is 1.25. The second-order valence-corrected chi connectivity index (χ2v) is 6.97. The fraction of sp³-hybridized carbons (Fsp3) is 0.400. The number of hydrogen-bond donors (Lipinski definition) is 1. The highest BCUT2D eigenvalue weighted by Gasteiger charge is 2.52. The van der Waals surface area contributed by atoms with Gasteiger partial charge >= 0.3 is 5.97 Å². The number of fused-ring (bicyclic) bond motifs is 2. The van der Waals surface area contributed by atoms with Crippen LogP contribution in [0.25, 0.3) is 5.57 Å². The van der Waals surface area contributed by atoms with Crippen LogP contribution in [0.2, 0.25) is 0 Å². The number of rotatable bonds is 3. The number of aliphatic carboxylic acids is 1. The van der Waals surface area contributed by atoms with E-state index in [4.69, 9.17) is 0 Å². The SMILES string of the molecule is O=C(O)[C@@H]1[C@H](C(=O)N2CC=C(c3ccccc3)CC2)[C@@H]2C=C[C@H]1C2. The Hall–Kier alpha value is -2.36. The van der Waals surface area contributed by atoms with Gasteiger partial charge in [0.05, 0.1) is 11.8 Å². The van der Waals surface area contributed by atoms with E-state index in [-0.39, 0.29) is 23.7 Å². The molecule has 124 valence electrons. The number of carboxylic acids is 1. The lowest BCUT2D eigenvalue weighted by molar-refractivity contribution is -0.150. The summed E-state index contributed by atoms with van der Waals surface area (Å²) in [6, 6.07) is 10.2. The normalized spacial score (nSPS) is 31.2. The zero-order chi connectivity index (χ0) is 16.7. The van der Waals surface area contributed by atoms with Gasteiger partial charge in [-0.3, -0.25) is 9.59 Å². The Morgan fingerprint density at radius 1 is 1.04 bits per heavy atom. The lowest BCUT2D eigenvalue weighted by atomic mass is 9.82. The summed E-state index contributed by atoms with van der Waals surface area (Å²) < 4.78 is 0. The fourth-order valence-electron chi connectivity index (χ4n) is 4.49. The first-order chi connectivity index (χ1) is 11.6. The van der Waals surface area contributed by atoms with Crippen molar-refractivity contribution in [3.05, 3.63) is 54.1 Å². The van der Waals surface area contributed by atoms with Crippen LogP contribution in [-0.2, 0) is 9.59 Å². The fourth-order valence-corrected chi connectivity index (χ4v) is 4.49. The molecule has 1 amide bonds. The van der Waals surface area contributed by atoms with Crippen molar-refractivity contribution in [3.63, 3.8) is 0 Å². The van der Waals surface area contributed by atoms with Gasteiger partial charge in [0, 0.05) is 13.1 Å². The molecule has 1 aromatic carbocycles. The predicted molar refractivity (Wildman–Crippen MR) is 91.0 cm³/mol. The lowest BCUT2D eigenvalue weighted by Crippen LogP contribution is -2.44. The molecule has 1 N–H and O–H groups in total. The Kier molecular flexibility index (Phi) is 3.75. The highest BCUT2D eigenvalue weighted by molar-refractivity contribution is 5.87. The molecule has 2 aliphatic carbocycles. The van der Waals surface area contributed by atoms with Crippen molar-refractivity contribution >= 4 is 17.4 Å². The van der Waals surface area contributed by atoms with Gasteiger partial charge in [-0.25, -0.2) is 0 Å². The molecule has 0 unspecified atom stereocenters. The molecule has 1 aromatic rings. The number of amides is 1. The number of nitrogens with zero attached hydrogens (tertiary/aromatic N) is 1. The molecule has 0 spiro atoms. The first kappa shape index (κ1) is 15.2. The predicted octanol–water partition coefficient (Wildman–Crippen LogP) is 2.83. The molecular weight excluding hydrogens is 302 g/mol. The number of carbonyl (C=O) groups excluding carboxylic acids is 1. The Balaban J connectivity index is 1.50. The molecule has 1 fully saturated rings. The Labute approximate surface area is 141 Å². The zero-order valence-corrected chi connectivity index (χ0v) is 13.5. The third-order valence-electron chi connectivity index (χ3n) is 5.69. The maximum atomic E-state index is 12.9. The minimum Gasteiger partial charge on any atom is -0.481 e. The highest BCUT2D eigenvalue weighted by atomic mass is 16.4. The smallest absolute Gasteiger partial charge is 0.307 e. The Bertz CT molecular complexity index is 722. The minimum atomic E-state index is -0.831. The maximum absolute atomic E-state index is 12.9. The lowest BCUT2D eigenvalue weighted by Gasteiger charge is -2.33. The molecule has 4 nitrogen and oxygen atoms in total. The minimum absolute atomic E-state index is 0.0163. The van der Waals surface area contributed by atoms with Crippen molar-refractivity contribution in [1.82, 2.24) is 4.90 Å². The van der Waals surface area contributed by atoms with Gasteiger partial charge in [-0.05, 0) is 35.8 Å². The van der Waals surface area contributed by atoms with E-state index in [1.165, 1.54) is 11.1 Å². The van der Waals surface area contributed by atoms with E-state index in [9.17, 15) is 14.7 Å². The van der Waals surface area contributed by atoms with Crippen molar-refractivity contribution in [2.24, 2.45) is 23.7 Å². The van der Waals surface area contributed by atoms with E-state index in [0.717, 1.165) is 12.8 Å². The van der Waals surface area contributed by atoms with E-state index in [0.29, 0.717) is 13.1 Å². The third kappa shape index (κ3) is 2.46. The van der Waals surface area contributed by atoms with Gasteiger partial charge in [0.2, 0.25) is 5.91 Å². The molecule has 1 aliphatic heterocycles. The van der Waals surface area contributed by atoms with Crippen LogP contribution in [0, 0.1) is 23.7 Å². The molecule has 0 aromatic heterocycles. The maximum Gasteiger partial charge on any atom is 0.307 e. The molecule has 3 aliphatic rings. The van der Waals surface area contributed by atoms with Gasteiger partial charge in [-0.1, -0.05) is 48.6 Å². The number of carbonyl (C=O) groups is 2. The van der Waals surface area contributed by atoms with Gasteiger partial charge in [0.1, 0.15) is 0 Å². The van der Waals surface area contributed by atoms with Crippen LogP contribution in [0.5, 0.6) is 0 Å². The molecule has 0 radical (unpaired) electrons. The van der Waals surface area contributed by atoms with Crippen molar-refractivity contribution < 1.29 is 14.7 Å². The molecular formula is C20H21NO3. The number of benzene rings is 1. The van der Waals surface area contributed by atoms with Crippen molar-refractivity contribution in [2.75, 3.05) is 13.1 Å². The Morgan fingerprint density at radius 2 is 1.75 bits per heavy atom. The summed E-state index contributed by atoms with van der Waals surface area (Å²) in [7, 11) is 0. The van der Waals surface area contributed by atoms with Crippen LogP contribution in [0.4, 0.5) is 0 Å². The summed E-state index contributed by atoms with van der Waals surface area (Å²) in [4.78, 5) is 26.4. The highest BCUT2D eigenvalue weighted by Crippen LogP contribution is 2.49.